The van der Waals surface area contributed by atoms with Gasteiger partial charge in [-0.25, -0.2) is 0 Å². The SMILES string of the molecule is Cc1ccc(CNCc2ccc(C)o2)c(Cl)c1. The Balaban J connectivity index is 1.90. The van der Waals surface area contributed by atoms with Crippen LogP contribution in [0.4, 0.5) is 0 Å². The average Bonchev–Trinajstić information content (AvgIpc) is 2.68. The zero-order chi connectivity index (χ0) is 12.3. The molecule has 0 saturated heterocycles. The first kappa shape index (κ1) is 12.2. The highest BCUT2D eigenvalue weighted by Gasteiger charge is 2.01. The maximum Gasteiger partial charge on any atom is 0.117 e. The van der Waals surface area contributed by atoms with Crippen LogP contribution in [-0.2, 0) is 13.1 Å². The van der Waals surface area contributed by atoms with Crippen molar-refractivity contribution in [2.45, 2.75) is 26.9 Å². The predicted molar refractivity (Wildman–Crippen MR) is 70.2 cm³/mol. The van der Waals surface area contributed by atoms with E-state index in [9.17, 15) is 0 Å². The number of benzene rings is 1. The molecule has 0 fully saturated rings. The number of rotatable bonds is 4. The number of halogens is 1. The van der Waals surface area contributed by atoms with Crippen molar-refractivity contribution in [1.82, 2.24) is 5.32 Å². The van der Waals surface area contributed by atoms with Gasteiger partial charge in [-0.15, -0.1) is 0 Å². The van der Waals surface area contributed by atoms with Crippen LogP contribution >= 0.6 is 11.6 Å². The molecule has 2 rings (SSSR count). The first-order chi connectivity index (χ1) is 8.15. The number of furan rings is 1. The van der Waals surface area contributed by atoms with Gasteiger partial charge in [0.25, 0.3) is 0 Å². The Morgan fingerprint density at radius 1 is 1.12 bits per heavy atom. The number of nitrogens with one attached hydrogen (secondary N) is 1. The summed E-state index contributed by atoms with van der Waals surface area (Å²) in [5.74, 6) is 1.89. The molecule has 2 nitrogen and oxygen atoms in total. The molecule has 0 bridgehead atoms. The van der Waals surface area contributed by atoms with Crippen LogP contribution in [0.3, 0.4) is 0 Å². The largest absolute Gasteiger partial charge is 0.465 e. The lowest BCUT2D eigenvalue weighted by Crippen LogP contribution is -2.12. The maximum atomic E-state index is 6.15. The Hall–Kier alpha value is -1.25. The van der Waals surface area contributed by atoms with E-state index in [1.807, 2.05) is 32.0 Å². The van der Waals surface area contributed by atoms with Crippen molar-refractivity contribution in [2.24, 2.45) is 0 Å². The molecule has 3 heteroatoms. The van der Waals surface area contributed by atoms with Crippen LogP contribution < -0.4 is 5.32 Å². The summed E-state index contributed by atoms with van der Waals surface area (Å²) in [5, 5.41) is 4.13. The minimum atomic E-state index is 0.720. The van der Waals surface area contributed by atoms with E-state index in [0.717, 1.165) is 35.2 Å². The van der Waals surface area contributed by atoms with Gasteiger partial charge in [-0.05, 0) is 43.2 Å². The first-order valence-electron chi connectivity index (χ1n) is 5.66. The van der Waals surface area contributed by atoms with Crippen molar-refractivity contribution in [3.05, 3.63) is 58.0 Å². The minimum absolute atomic E-state index is 0.720. The molecule has 1 aromatic heterocycles. The maximum absolute atomic E-state index is 6.15. The number of hydrogen-bond donors (Lipinski definition) is 1. The molecule has 2 aromatic rings. The van der Waals surface area contributed by atoms with Gasteiger partial charge in [-0.2, -0.15) is 0 Å². The molecule has 17 heavy (non-hydrogen) atoms. The molecule has 0 saturated carbocycles. The Morgan fingerprint density at radius 2 is 1.94 bits per heavy atom. The van der Waals surface area contributed by atoms with E-state index in [1.54, 1.807) is 0 Å². The van der Waals surface area contributed by atoms with Crippen LogP contribution in [0.2, 0.25) is 5.02 Å². The van der Waals surface area contributed by atoms with Gasteiger partial charge >= 0.3 is 0 Å². The molecule has 0 aliphatic rings. The first-order valence-corrected chi connectivity index (χ1v) is 6.04. The van der Waals surface area contributed by atoms with Crippen LogP contribution in [0.15, 0.2) is 34.7 Å². The van der Waals surface area contributed by atoms with Gasteiger partial charge in [0.1, 0.15) is 11.5 Å². The second kappa shape index (κ2) is 5.39. The number of hydrogen-bond acceptors (Lipinski definition) is 2. The number of aryl methyl sites for hydroxylation is 2. The molecule has 90 valence electrons. The quantitative estimate of drug-likeness (QED) is 0.891. The van der Waals surface area contributed by atoms with Crippen LogP contribution in [0, 0.1) is 13.8 Å². The predicted octanol–water partition coefficient (Wildman–Crippen LogP) is 3.84. The van der Waals surface area contributed by atoms with Crippen molar-refractivity contribution in [2.75, 3.05) is 0 Å². The van der Waals surface area contributed by atoms with Gasteiger partial charge < -0.3 is 9.73 Å². The third kappa shape index (κ3) is 3.35. The normalized spacial score (nSPS) is 10.8. The second-order valence-corrected chi connectivity index (χ2v) is 4.62. The van der Waals surface area contributed by atoms with Crippen molar-refractivity contribution >= 4 is 11.6 Å². The van der Waals surface area contributed by atoms with Crippen molar-refractivity contribution in [3.63, 3.8) is 0 Å². The van der Waals surface area contributed by atoms with Gasteiger partial charge in [-0.1, -0.05) is 23.7 Å². The molecule has 0 atom stereocenters. The minimum Gasteiger partial charge on any atom is -0.465 e. The highest BCUT2D eigenvalue weighted by molar-refractivity contribution is 6.31. The van der Waals surface area contributed by atoms with Crippen LogP contribution in [-0.4, -0.2) is 0 Å². The van der Waals surface area contributed by atoms with Gasteiger partial charge in [0, 0.05) is 11.6 Å². The Bertz CT molecular complexity index is 505. The van der Waals surface area contributed by atoms with Crippen molar-refractivity contribution in [3.8, 4) is 0 Å². The highest BCUT2D eigenvalue weighted by Crippen LogP contribution is 2.17. The van der Waals surface area contributed by atoms with E-state index in [1.165, 1.54) is 5.56 Å². The molecule has 0 radical (unpaired) electrons. The fourth-order valence-electron chi connectivity index (χ4n) is 1.70. The summed E-state index contributed by atoms with van der Waals surface area (Å²) in [6.07, 6.45) is 0. The van der Waals surface area contributed by atoms with E-state index < -0.39 is 0 Å². The van der Waals surface area contributed by atoms with Crippen LogP contribution in [0.1, 0.15) is 22.6 Å². The van der Waals surface area contributed by atoms with Gasteiger partial charge in [0.05, 0.1) is 6.54 Å². The molecular formula is C14H16ClNO. The van der Waals surface area contributed by atoms with E-state index in [2.05, 4.69) is 17.4 Å². The summed E-state index contributed by atoms with van der Waals surface area (Å²) in [6, 6.07) is 10.1. The lowest BCUT2D eigenvalue weighted by Gasteiger charge is -2.06. The molecule has 0 aliphatic carbocycles. The lowest BCUT2D eigenvalue weighted by atomic mass is 10.1. The second-order valence-electron chi connectivity index (χ2n) is 4.21. The smallest absolute Gasteiger partial charge is 0.117 e. The molecule has 0 aliphatic heterocycles. The summed E-state index contributed by atoms with van der Waals surface area (Å²) >= 11 is 6.15. The molecule has 0 unspecified atom stereocenters. The van der Waals surface area contributed by atoms with Gasteiger partial charge in [-0.3, -0.25) is 0 Å². The van der Waals surface area contributed by atoms with Crippen LogP contribution in [0.25, 0.3) is 0 Å². The Morgan fingerprint density at radius 3 is 2.59 bits per heavy atom. The monoisotopic (exact) mass is 249 g/mol. The molecule has 1 aromatic carbocycles. The summed E-state index contributed by atoms with van der Waals surface area (Å²) in [6.45, 7) is 5.45. The molecular weight excluding hydrogens is 234 g/mol. The van der Waals surface area contributed by atoms with E-state index in [-0.39, 0.29) is 0 Å². The lowest BCUT2D eigenvalue weighted by molar-refractivity contribution is 0.462. The van der Waals surface area contributed by atoms with E-state index in [0.29, 0.717) is 0 Å². The zero-order valence-electron chi connectivity index (χ0n) is 10.1. The summed E-state index contributed by atoms with van der Waals surface area (Å²) in [4.78, 5) is 0. The molecule has 0 spiro atoms. The van der Waals surface area contributed by atoms with E-state index >= 15 is 0 Å². The van der Waals surface area contributed by atoms with Crippen molar-refractivity contribution < 1.29 is 4.42 Å². The fraction of sp³-hybridized carbons (Fsp3) is 0.286. The van der Waals surface area contributed by atoms with E-state index in [4.69, 9.17) is 16.0 Å². The van der Waals surface area contributed by atoms with Crippen LogP contribution in [0.5, 0.6) is 0 Å². The topological polar surface area (TPSA) is 25.2 Å². The highest BCUT2D eigenvalue weighted by atomic mass is 35.5. The molecule has 0 amide bonds. The van der Waals surface area contributed by atoms with Gasteiger partial charge in [0.2, 0.25) is 0 Å². The Labute approximate surface area is 107 Å². The third-order valence-corrected chi connectivity index (χ3v) is 2.97. The third-order valence-electron chi connectivity index (χ3n) is 2.62. The molecule has 1 N–H and O–H groups in total. The summed E-state index contributed by atoms with van der Waals surface area (Å²) in [7, 11) is 0. The summed E-state index contributed by atoms with van der Waals surface area (Å²) in [5.41, 5.74) is 2.29. The van der Waals surface area contributed by atoms with Gasteiger partial charge in [0.15, 0.2) is 0 Å². The summed E-state index contributed by atoms with van der Waals surface area (Å²) < 4.78 is 5.48. The fourth-order valence-corrected chi connectivity index (χ4v) is 2.00. The zero-order valence-corrected chi connectivity index (χ0v) is 10.8. The Kier molecular flexibility index (Phi) is 3.87. The standard InChI is InChI=1S/C14H16ClNO/c1-10-3-5-12(14(15)7-10)8-16-9-13-6-4-11(2)17-13/h3-7,16H,8-9H2,1-2H3. The average molecular weight is 250 g/mol. The molecule has 1 heterocycles. The van der Waals surface area contributed by atoms with Crippen molar-refractivity contribution in [1.29, 1.82) is 0 Å².